The van der Waals surface area contributed by atoms with Gasteiger partial charge in [0.1, 0.15) is 0 Å². The second kappa shape index (κ2) is 5.29. The van der Waals surface area contributed by atoms with E-state index in [1.807, 2.05) is 46.9 Å². The van der Waals surface area contributed by atoms with Gasteiger partial charge in [-0.05, 0) is 25.1 Å². The molecule has 0 N–H and O–H groups in total. The topological polar surface area (TPSA) is 66.3 Å². The molecule has 0 unspecified atom stereocenters. The van der Waals surface area contributed by atoms with Crippen molar-refractivity contribution in [2.45, 2.75) is 20.0 Å². The molecule has 0 aliphatic carbocycles. The molecule has 0 spiro atoms. The first-order chi connectivity index (χ1) is 12.2. The molecule has 1 aromatic carbocycles. The zero-order valence-electron chi connectivity index (χ0n) is 13.5. The van der Waals surface area contributed by atoms with Gasteiger partial charge in [-0.2, -0.15) is 5.10 Å². The van der Waals surface area contributed by atoms with Gasteiger partial charge in [0, 0.05) is 23.0 Å². The standard InChI is InChI=1S/C17H14ClN7/c1-11-15-7-25-17(21-16(22-25)8-23-5-4-19-9-23)13-6-12(18)2-3-14(13)24(15)10-20-11/h2-6,9-10H,7-8H2,1H3. The summed E-state index contributed by atoms with van der Waals surface area (Å²) in [7, 11) is 0. The van der Waals surface area contributed by atoms with Crippen LogP contribution in [0, 0.1) is 6.92 Å². The predicted molar refractivity (Wildman–Crippen MR) is 92.8 cm³/mol. The monoisotopic (exact) mass is 351 g/mol. The van der Waals surface area contributed by atoms with Crippen molar-refractivity contribution in [3.63, 3.8) is 0 Å². The number of imidazole rings is 2. The fourth-order valence-corrected chi connectivity index (χ4v) is 3.38. The number of rotatable bonds is 2. The van der Waals surface area contributed by atoms with E-state index in [-0.39, 0.29) is 0 Å². The van der Waals surface area contributed by atoms with Crippen LogP contribution in [0.2, 0.25) is 5.02 Å². The van der Waals surface area contributed by atoms with E-state index in [1.165, 1.54) is 0 Å². The summed E-state index contributed by atoms with van der Waals surface area (Å²) >= 11 is 6.26. The van der Waals surface area contributed by atoms with Gasteiger partial charge in [-0.25, -0.2) is 19.6 Å². The fourth-order valence-electron chi connectivity index (χ4n) is 3.21. The Morgan fingerprint density at radius 1 is 1.24 bits per heavy atom. The third-order valence-electron chi connectivity index (χ3n) is 4.43. The fraction of sp³-hybridized carbons (Fsp3) is 0.176. The smallest absolute Gasteiger partial charge is 0.171 e. The number of hydrogen-bond acceptors (Lipinski definition) is 4. The van der Waals surface area contributed by atoms with E-state index in [1.54, 1.807) is 12.5 Å². The summed E-state index contributed by atoms with van der Waals surface area (Å²) in [4.78, 5) is 13.3. The summed E-state index contributed by atoms with van der Waals surface area (Å²) in [5, 5.41) is 5.38. The lowest BCUT2D eigenvalue weighted by Gasteiger charge is -2.08. The van der Waals surface area contributed by atoms with Gasteiger partial charge in [-0.15, -0.1) is 0 Å². The maximum atomic E-state index is 6.26. The molecule has 8 heteroatoms. The molecular formula is C17H14ClN7. The molecule has 0 radical (unpaired) electrons. The summed E-state index contributed by atoms with van der Waals surface area (Å²) < 4.78 is 5.96. The first kappa shape index (κ1) is 14.4. The molecule has 4 aromatic rings. The van der Waals surface area contributed by atoms with Crippen molar-refractivity contribution >= 4 is 11.6 Å². The first-order valence-corrected chi connectivity index (χ1v) is 8.29. The van der Waals surface area contributed by atoms with E-state index >= 15 is 0 Å². The highest BCUT2D eigenvalue weighted by Gasteiger charge is 2.24. The molecule has 5 rings (SSSR count). The summed E-state index contributed by atoms with van der Waals surface area (Å²) in [5.41, 5.74) is 4.05. The minimum Gasteiger partial charge on any atom is -0.330 e. The molecule has 0 fully saturated rings. The summed E-state index contributed by atoms with van der Waals surface area (Å²) in [6.45, 7) is 3.20. The molecule has 25 heavy (non-hydrogen) atoms. The van der Waals surface area contributed by atoms with Gasteiger partial charge in [-0.1, -0.05) is 11.6 Å². The third kappa shape index (κ3) is 2.27. The van der Waals surface area contributed by atoms with Crippen molar-refractivity contribution in [3.8, 4) is 17.1 Å². The Bertz CT molecular complexity index is 1070. The van der Waals surface area contributed by atoms with E-state index in [0.717, 1.165) is 34.3 Å². The average Bonchev–Trinajstić information content (AvgIpc) is 3.30. The quantitative estimate of drug-likeness (QED) is 0.490. The van der Waals surface area contributed by atoms with Gasteiger partial charge in [0.05, 0.1) is 42.8 Å². The number of nitrogens with zero attached hydrogens (tertiary/aromatic N) is 7. The lowest BCUT2D eigenvalue weighted by atomic mass is 10.1. The van der Waals surface area contributed by atoms with Crippen LogP contribution in [0.25, 0.3) is 17.1 Å². The SMILES string of the molecule is Cc1ncn2c1Cn1nc(Cn3ccnc3)nc1-c1cc(Cl)ccc1-2. The van der Waals surface area contributed by atoms with Gasteiger partial charge in [0.25, 0.3) is 0 Å². The lowest BCUT2D eigenvalue weighted by Crippen LogP contribution is -2.07. The van der Waals surface area contributed by atoms with Crippen LogP contribution in [-0.2, 0) is 13.1 Å². The molecule has 0 amide bonds. The highest BCUT2D eigenvalue weighted by molar-refractivity contribution is 6.31. The number of aromatic nitrogens is 7. The van der Waals surface area contributed by atoms with Crippen molar-refractivity contribution in [1.82, 2.24) is 33.9 Å². The van der Waals surface area contributed by atoms with Crippen molar-refractivity contribution in [2.75, 3.05) is 0 Å². The Balaban J connectivity index is 1.70. The van der Waals surface area contributed by atoms with Crippen LogP contribution in [0.4, 0.5) is 0 Å². The number of aryl methyl sites for hydroxylation is 1. The molecule has 0 saturated heterocycles. The molecule has 3 aromatic heterocycles. The Labute approximate surface area is 148 Å². The molecule has 0 saturated carbocycles. The van der Waals surface area contributed by atoms with Gasteiger partial charge in [-0.3, -0.25) is 0 Å². The van der Waals surface area contributed by atoms with E-state index in [9.17, 15) is 0 Å². The largest absolute Gasteiger partial charge is 0.330 e. The molecule has 4 heterocycles. The molecular weight excluding hydrogens is 338 g/mol. The van der Waals surface area contributed by atoms with Crippen LogP contribution < -0.4 is 0 Å². The van der Waals surface area contributed by atoms with E-state index < -0.39 is 0 Å². The highest BCUT2D eigenvalue weighted by atomic mass is 35.5. The highest BCUT2D eigenvalue weighted by Crippen LogP contribution is 2.33. The summed E-state index contributed by atoms with van der Waals surface area (Å²) in [6.07, 6.45) is 7.25. The minimum absolute atomic E-state index is 0.578. The number of hydrogen-bond donors (Lipinski definition) is 0. The second-order valence-corrected chi connectivity index (χ2v) is 6.49. The molecule has 1 aliphatic rings. The zero-order valence-corrected chi connectivity index (χ0v) is 14.2. The Kier molecular flexibility index (Phi) is 3.05. The van der Waals surface area contributed by atoms with Gasteiger partial charge < -0.3 is 9.13 Å². The van der Waals surface area contributed by atoms with Crippen LogP contribution >= 0.6 is 11.6 Å². The van der Waals surface area contributed by atoms with Crippen molar-refractivity contribution < 1.29 is 0 Å². The van der Waals surface area contributed by atoms with E-state index in [0.29, 0.717) is 18.1 Å². The summed E-state index contributed by atoms with van der Waals surface area (Å²) in [6, 6.07) is 5.82. The Morgan fingerprint density at radius 3 is 3.00 bits per heavy atom. The lowest BCUT2D eigenvalue weighted by molar-refractivity contribution is 0.647. The van der Waals surface area contributed by atoms with Crippen LogP contribution in [0.1, 0.15) is 17.2 Å². The van der Waals surface area contributed by atoms with Crippen molar-refractivity contribution in [3.05, 3.63) is 65.5 Å². The first-order valence-electron chi connectivity index (χ1n) is 7.91. The van der Waals surface area contributed by atoms with Crippen LogP contribution in [0.3, 0.4) is 0 Å². The number of halogens is 1. The maximum Gasteiger partial charge on any atom is 0.171 e. The number of benzene rings is 1. The molecule has 124 valence electrons. The Morgan fingerprint density at radius 2 is 2.16 bits per heavy atom. The predicted octanol–water partition coefficient (Wildman–Crippen LogP) is 2.70. The van der Waals surface area contributed by atoms with Gasteiger partial charge in [0.15, 0.2) is 11.6 Å². The van der Waals surface area contributed by atoms with E-state index in [2.05, 4.69) is 14.5 Å². The normalized spacial score (nSPS) is 12.4. The van der Waals surface area contributed by atoms with Crippen molar-refractivity contribution in [1.29, 1.82) is 0 Å². The molecule has 7 nitrogen and oxygen atoms in total. The summed E-state index contributed by atoms with van der Waals surface area (Å²) in [5.74, 6) is 1.56. The molecule has 0 atom stereocenters. The third-order valence-corrected chi connectivity index (χ3v) is 4.67. The van der Waals surface area contributed by atoms with E-state index in [4.69, 9.17) is 21.7 Å². The minimum atomic E-state index is 0.578. The zero-order chi connectivity index (χ0) is 17.0. The molecule has 1 aliphatic heterocycles. The van der Waals surface area contributed by atoms with Gasteiger partial charge in [0.2, 0.25) is 0 Å². The van der Waals surface area contributed by atoms with Crippen LogP contribution in [-0.4, -0.2) is 33.9 Å². The molecule has 0 bridgehead atoms. The Hall–Kier alpha value is -2.93. The van der Waals surface area contributed by atoms with Crippen molar-refractivity contribution in [2.24, 2.45) is 0 Å². The van der Waals surface area contributed by atoms with Crippen LogP contribution in [0.15, 0.2) is 43.2 Å². The maximum absolute atomic E-state index is 6.26. The van der Waals surface area contributed by atoms with Gasteiger partial charge >= 0.3 is 0 Å². The second-order valence-electron chi connectivity index (χ2n) is 6.05. The van der Waals surface area contributed by atoms with Crippen LogP contribution in [0.5, 0.6) is 0 Å². The number of fused-ring (bicyclic) bond motifs is 5. The average molecular weight is 352 g/mol.